The van der Waals surface area contributed by atoms with Gasteiger partial charge in [0.1, 0.15) is 5.60 Å². The number of ether oxygens (including phenoxy) is 2. The van der Waals surface area contributed by atoms with Crippen molar-refractivity contribution in [2.45, 2.75) is 32.5 Å². The normalized spacial score (nSPS) is 20.0. The molecule has 0 radical (unpaired) electrons. The molecule has 2 amide bonds. The van der Waals surface area contributed by atoms with Crippen LogP contribution in [-0.2, 0) is 9.47 Å². The minimum atomic E-state index is -0.965. The van der Waals surface area contributed by atoms with Crippen LogP contribution in [0.25, 0.3) is 0 Å². The van der Waals surface area contributed by atoms with Gasteiger partial charge in [0.05, 0.1) is 25.8 Å². The van der Waals surface area contributed by atoms with Crippen LogP contribution in [0.3, 0.4) is 0 Å². The number of carbonyl (C=O) groups is 2. The smallest absolute Gasteiger partial charge is 0.410 e. The number of rotatable bonds is 2. The number of likely N-dealkylation sites (N-methyl/N-ethyl adjacent to an activating group) is 1. The number of morpholine rings is 1. The van der Waals surface area contributed by atoms with Gasteiger partial charge in [-0.05, 0) is 20.8 Å². The van der Waals surface area contributed by atoms with Crippen LogP contribution in [-0.4, -0.2) is 72.1 Å². The zero-order chi connectivity index (χ0) is 14.6. The van der Waals surface area contributed by atoms with Crippen LogP contribution < -0.4 is 0 Å². The molecular formula is C12H22N2O5. The van der Waals surface area contributed by atoms with E-state index in [-0.39, 0.29) is 12.6 Å². The van der Waals surface area contributed by atoms with E-state index in [1.807, 2.05) is 0 Å². The molecule has 0 aromatic rings. The Labute approximate surface area is 113 Å². The lowest BCUT2D eigenvalue weighted by molar-refractivity contribution is -0.0383. The van der Waals surface area contributed by atoms with Crippen molar-refractivity contribution in [2.24, 2.45) is 0 Å². The third-order valence-electron chi connectivity index (χ3n) is 2.59. The van der Waals surface area contributed by atoms with Crippen molar-refractivity contribution in [1.29, 1.82) is 0 Å². The second kappa shape index (κ2) is 6.10. The van der Waals surface area contributed by atoms with Gasteiger partial charge in [-0.3, -0.25) is 0 Å². The van der Waals surface area contributed by atoms with Crippen LogP contribution in [0.4, 0.5) is 9.59 Å². The van der Waals surface area contributed by atoms with Gasteiger partial charge in [-0.15, -0.1) is 0 Å². The summed E-state index contributed by atoms with van der Waals surface area (Å²) in [5.74, 6) is 0. The molecule has 0 aromatic heterocycles. The predicted molar refractivity (Wildman–Crippen MR) is 68.2 cm³/mol. The first-order valence-electron chi connectivity index (χ1n) is 6.22. The summed E-state index contributed by atoms with van der Waals surface area (Å²) in [4.78, 5) is 25.3. The van der Waals surface area contributed by atoms with Gasteiger partial charge >= 0.3 is 12.2 Å². The molecule has 1 aliphatic rings. The summed E-state index contributed by atoms with van der Waals surface area (Å²) >= 11 is 0. The average Bonchev–Trinajstić information content (AvgIpc) is 2.27. The van der Waals surface area contributed by atoms with Gasteiger partial charge in [-0.2, -0.15) is 0 Å². The first kappa shape index (κ1) is 15.6. The van der Waals surface area contributed by atoms with Crippen LogP contribution in [0.5, 0.6) is 0 Å². The highest BCUT2D eigenvalue weighted by Crippen LogP contribution is 2.11. The molecule has 7 heteroatoms. The van der Waals surface area contributed by atoms with Crippen LogP contribution in [0, 0.1) is 0 Å². The summed E-state index contributed by atoms with van der Waals surface area (Å²) in [6.07, 6.45) is -1.72. The molecule has 110 valence electrons. The monoisotopic (exact) mass is 274 g/mol. The predicted octanol–water partition coefficient (Wildman–Crippen LogP) is 1.23. The van der Waals surface area contributed by atoms with E-state index in [1.54, 1.807) is 27.8 Å². The number of carbonyl (C=O) groups excluding carboxylic acids is 1. The summed E-state index contributed by atoms with van der Waals surface area (Å²) in [6.45, 7) is 6.66. The van der Waals surface area contributed by atoms with E-state index in [9.17, 15) is 9.59 Å². The molecule has 0 saturated carbocycles. The molecule has 0 aliphatic carbocycles. The minimum absolute atomic E-state index is 0.266. The van der Waals surface area contributed by atoms with Gasteiger partial charge in [0.25, 0.3) is 0 Å². The zero-order valence-electron chi connectivity index (χ0n) is 11.9. The quantitative estimate of drug-likeness (QED) is 0.819. The summed E-state index contributed by atoms with van der Waals surface area (Å²) in [5, 5.41) is 8.92. The van der Waals surface area contributed by atoms with Crippen molar-refractivity contribution in [2.75, 3.05) is 33.3 Å². The molecule has 1 rings (SSSR count). The Kier molecular flexibility index (Phi) is 4.99. The maximum atomic E-state index is 11.8. The Morgan fingerprint density at radius 3 is 2.63 bits per heavy atom. The molecule has 0 spiro atoms. The molecule has 1 aliphatic heterocycles. The molecule has 0 unspecified atom stereocenters. The second-order valence-electron chi connectivity index (χ2n) is 5.58. The minimum Gasteiger partial charge on any atom is -0.465 e. The van der Waals surface area contributed by atoms with E-state index < -0.39 is 17.8 Å². The lowest BCUT2D eigenvalue weighted by Gasteiger charge is -2.33. The molecular weight excluding hydrogens is 252 g/mol. The summed E-state index contributed by atoms with van der Waals surface area (Å²) in [6, 6.07) is 0. The molecule has 1 saturated heterocycles. The summed E-state index contributed by atoms with van der Waals surface area (Å²) < 4.78 is 10.7. The van der Waals surface area contributed by atoms with Crippen LogP contribution in [0.2, 0.25) is 0 Å². The van der Waals surface area contributed by atoms with E-state index >= 15 is 0 Å². The van der Waals surface area contributed by atoms with E-state index in [2.05, 4.69) is 0 Å². The van der Waals surface area contributed by atoms with Crippen molar-refractivity contribution in [3.8, 4) is 0 Å². The number of hydrogen-bond acceptors (Lipinski definition) is 4. The SMILES string of the molecule is CN(C[C@@H]1CN(C(=O)O)CCO1)C(=O)OC(C)(C)C. The van der Waals surface area contributed by atoms with Gasteiger partial charge in [0, 0.05) is 13.6 Å². The number of amides is 2. The fourth-order valence-corrected chi connectivity index (χ4v) is 1.72. The first-order valence-corrected chi connectivity index (χ1v) is 6.22. The van der Waals surface area contributed by atoms with Crippen LogP contribution in [0.1, 0.15) is 20.8 Å². The maximum Gasteiger partial charge on any atom is 0.410 e. The average molecular weight is 274 g/mol. The van der Waals surface area contributed by atoms with Gasteiger partial charge in [-0.1, -0.05) is 0 Å². The Morgan fingerprint density at radius 2 is 2.11 bits per heavy atom. The lowest BCUT2D eigenvalue weighted by atomic mass is 10.2. The Balaban J connectivity index is 2.45. The number of carboxylic acid groups (broad SMARTS) is 1. The van der Waals surface area contributed by atoms with Crippen molar-refractivity contribution in [1.82, 2.24) is 9.80 Å². The fraction of sp³-hybridized carbons (Fsp3) is 0.833. The highest BCUT2D eigenvalue weighted by molar-refractivity contribution is 5.68. The van der Waals surface area contributed by atoms with E-state index in [0.29, 0.717) is 19.7 Å². The highest BCUT2D eigenvalue weighted by atomic mass is 16.6. The second-order valence-corrected chi connectivity index (χ2v) is 5.58. The highest BCUT2D eigenvalue weighted by Gasteiger charge is 2.27. The Morgan fingerprint density at radius 1 is 1.47 bits per heavy atom. The van der Waals surface area contributed by atoms with E-state index in [1.165, 1.54) is 9.80 Å². The molecule has 0 bridgehead atoms. The lowest BCUT2D eigenvalue weighted by Crippen LogP contribution is -2.50. The van der Waals surface area contributed by atoms with E-state index in [0.717, 1.165) is 0 Å². The van der Waals surface area contributed by atoms with Crippen molar-refractivity contribution in [3.63, 3.8) is 0 Å². The molecule has 1 atom stereocenters. The van der Waals surface area contributed by atoms with Gasteiger partial charge in [-0.25, -0.2) is 9.59 Å². The topological polar surface area (TPSA) is 79.3 Å². The molecule has 1 N–H and O–H groups in total. The molecule has 19 heavy (non-hydrogen) atoms. The number of nitrogens with zero attached hydrogens (tertiary/aromatic N) is 2. The zero-order valence-corrected chi connectivity index (χ0v) is 11.9. The van der Waals surface area contributed by atoms with Gasteiger partial charge in [0.15, 0.2) is 0 Å². The maximum absolute atomic E-state index is 11.8. The van der Waals surface area contributed by atoms with Crippen LogP contribution in [0.15, 0.2) is 0 Å². The third kappa shape index (κ3) is 5.34. The Hall–Kier alpha value is -1.50. The summed E-state index contributed by atoms with van der Waals surface area (Å²) in [5.41, 5.74) is -0.550. The molecule has 1 fully saturated rings. The fourth-order valence-electron chi connectivity index (χ4n) is 1.72. The van der Waals surface area contributed by atoms with Crippen molar-refractivity contribution < 1.29 is 24.2 Å². The van der Waals surface area contributed by atoms with Crippen LogP contribution >= 0.6 is 0 Å². The number of hydrogen-bond donors (Lipinski definition) is 1. The molecule has 1 heterocycles. The standard InChI is InChI=1S/C12H22N2O5/c1-12(2,3)19-11(17)13(4)7-9-8-14(10(15)16)5-6-18-9/h9H,5-8H2,1-4H3,(H,15,16)/t9-/m1/s1. The Bertz CT molecular complexity index is 340. The van der Waals surface area contributed by atoms with Gasteiger partial charge < -0.3 is 24.4 Å². The van der Waals surface area contributed by atoms with Crippen molar-refractivity contribution >= 4 is 12.2 Å². The third-order valence-corrected chi connectivity index (χ3v) is 2.59. The summed E-state index contributed by atoms with van der Waals surface area (Å²) in [7, 11) is 1.61. The molecule has 7 nitrogen and oxygen atoms in total. The van der Waals surface area contributed by atoms with Crippen molar-refractivity contribution in [3.05, 3.63) is 0 Å². The van der Waals surface area contributed by atoms with Gasteiger partial charge in [0.2, 0.25) is 0 Å². The first-order chi connectivity index (χ1) is 8.69. The van der Waals surface area contributed by atoms with E-state index in [4.69, 9.17) is 14.6 Å². The largest absolute Gasteiger partial charge is 0.465 e. The molecule has 0 aromatic carbocycles.